The summed E-state index contributed by atoms with van der Waals surface area (Å²) < 4.78 is 0. The zero-order valence-corrected chi connectivity index (χ0v) is 11.9. The number of nitrogens with zero attached hydrogens (tertiary/aromatic N) is 3. The van der Waals surface area contributed by atoms with Gasteiger partial charge in [-0.1, -0.05) is 0 Å². The molecule has 2 rings (SSSR count). The molecule has 0 amide bonds. The molecule has 1 aromatic rings. The van der Waals surface area contributed by atoms with E-state index in [1.807, 2.05) is 6.07 Å². The van der Waals surface area contributed by atoms with Crippen LogP contribution in [0.2, 0.25) is 0 Å². The summed E-state index contributed by atoms with van der Waals surface area (Å²) in [7, 11) is 0. The number of aliphatic hydroxyl groups excluding tert-OH is 1. The third kappa shape index (κ3) is 3.70. The monoisotopic (exact) mass is 289 g/mol. The van der Waals surface area contributed by atoms with Gasteiger partial charge in [-0.2, -0.15) is 5.26 Å². The minimum Gasteiger partial charge on any atom is -0.395 e. The Morgan fingerprint density at radius 1 is 1.38 bits per heavy atom. The zero-order chi connectivity index (χ0) is 15.2. The third-order valence-corrected chi connectivity index (χ3v) is 3.84. The van der Waals surface area contributed by atoms with Gasteiger partial charge < -0.3 is 10.0 Å². The summed E-state index contributed by atoms with van der Waals surface area (Å²) in [4.78, 5) is 12.7. The van der Waals surface area contributed by atoms with Crippen LogP contribution >= 0.6 is 0 Å². The first-order valence-corrected chi connectivity index (χ1v) is 7.18. The quantitative estimate of drug-likeness (QED) is 0.663. The van der Waals surface area contributed by atoms with Crippen molar-refractivity contribution in [3.05, 3.63) is 33.9 Å². The number of aliphatic hydroxyl groups is 1. The number of hydrogen-bond donors (Lipinski definition) is 1. The highest BCUT2D eigenvalue weighted by Crippen LogP contribution is 2.29. The van der Waals surface area contributed by atoms with Crippen LogP contribution in [-0.4, -0.2) is 29.7 Å². The number of nitro groups is 1. The summed E-state index contributed by atoms with van der Waals surface area (Å²) in [6.45, 7) is 1.63. The summed E-state index contributed by atoms with van der Waals surface area (Å²) in [6.07, 6.45) is 3.76. The normalized spacial score (nSPS) is 16.3. The number of piperidine rings is 1. The smallest absolute Gasteiger partial charge is 0.269 e. The Bertz CT molecular complexity index is 548. The first-order chi connectivity index (χ1) is 10.2. The Hall–Kier alpha value is -2.13. The average molecular weight is 289 g/mol. The fourth-order valence-corrected chi connectivity index (χ4v) is 2.71. The largest absolute Gasteiger partial charge is 0.395 e. The summed E-state index contributed by atoms with van der Waals surface area (Å²) in [5.41, 5.74) is 1.75. The lowest BCUT2D eigenvalue weighted by Gasteiger charge is -2.30. The van der Waals surface area contributed by atoms with Crippen molar-refractivity contribution in [3.63, 3.8) is 0 Å². The second kappa shape index (κ2) is 7.04. The molecule has 1 aliphatic rings. The van der Waals surface area contributed by atoms with Crippen LogP contribution in [0.5, 0.6) is 0 Å². The minimum atomic E-state index is -0.532. The Labute approximate surface area is 123 Å². The molecule has 112 valence electrons. The van der Waals surface area contributed by atoms with Crippen molar-refractivity contribution in [3.8, 4) is 6.07 Å². The SMILES string of the molecule is N#C[C@H](CO)Cc1cc([N+](=O)[O-])ccc1N1CCCCC1. The van der Waals surface area contributed by atoms with E-state index < -0.39 is 10.8 Å². The summed E-state index contributed by atoms with van der Waals surface area (Å²) >= 11 is 0. The number of nitro benzene ring substituents is 1. The molecule has 6 heteroatoms. The van der Waals surface area contributed by atoms with Gasteiger partial charge in [0.2, 0.25) is 0 Å². The summed E-state index contributed by atoms with van der Waals surface area (Å²) in [5.74, 6) is -0.532. The number of anilines is 1. The average Bonchev–Trinajstić information content (AvgIpc) is 2.53. The number of rotatable bonds is 5. The van der Waals surface area contributed by atoms with Crippen molar-refractivity contribution in [1.29, 1.82) is 5.26 Å². The van der Waals surface area contributed by atoms with E-state index in [4.69, 9.17) is 5.26 Å². The van der Waals surface area contributed by atoms with Gasteiger partial charge in [0, 0.05) is 30.9 Å². The predicted octanol–water partition coefficient (Wildman–Crippen LogP) is 2.26. The van der Waals surface area contributed by atoms with E-state index in [9.17, 15) is 15.2 Å². The molecule has 0 bridgehead atoms. The molecule has 0 spiro atoms. The maximum atomic E-state index is 10.9. The molecule has 1 N–H and O–H groups in total. The minimum absolute atomic E-state index is 0.0281. The zero-order valence-electron chi connectivity index (χ0n) is 11.9. The number of hydrogen-bond acceptors (Lipinski definition) is 5. The second-order valence-corrected chi connectivity index (χ2v) is 5.33. The topological polar surface area (TPSA) is 90.4 Å². The molecule has 0 saturated carbocycles. The van der Waals surface area contributed by atoms with Gasteiger partial charge in [-0.05, 0) is 37.3 Å². The molecule has 1 heterocycles. The first kappa shape index (κ1) is 15.3. The van der Waals surface area contributed by atoms with Crippen LogP contribution < -0.4 is 4.90 Å². The Morgan fingerprint density at radius 2 is 2.10 bits per heavy atom. The van der Waals surface area contributed by atoms with Crippen LogP contribution in [0.25, 0.3) is 0 Å². The van der Waals surface area contributed by atoms with Crippen molar-refractivity contribution >= 4 is 11.4 Å². The van der Waals surface area contributed by atoms with Crippen molar-refractivity contribution in [1.82, 2.24) is 0 Å². The van der Waals surface area contributed by atoms with Crippen molar-refractivity contribution in [2.24, 2.45) is 5.92 Å². The van der Waals surface area contributed by atoms with Gasteiger partial charge in [0.25, 0.3) is 5.69 Å². The van der Waals surface area contributed by atoms with Crippen LogP contribution in [-0.2, 0) is 6.42 Å². The molecule has 1 saturated heterocycles. The molecule has 0 radical (unpaired) electrons. The maximum Gasteiger partial charge on any atom is 0.269 e. The third-order valence-electron chi connectivity index (χ3n) is 3.84. The van der Waals surface area contributed by atoms with Crippen LogP contribution in [0.4, 0.5) is 11.4 Å². The predicted molar refractivity (Wildman–Crippen MR) is 79.1 cm³/mol. The van der Waals surface area contributed by atoms with E-state index in [0.29, 0.717) is 6.42 Å². The summed E-state index contributed by atoms with van der Waals surface area (Å²) in [5, 5.41) is 29.1. The van der Waals surface area contributed by atoms with Gasteiger partial charge in [0.05, 0.1) is 23.5 Å². The lowest BCUT2D eigenvalue weighted by molar-refractivity contribution is -0.384. The second-order valence-electron chi connectivity index (χ2n) is 5.33. The van der Waals surface area contributed by atoms with E-state index in [-0.39, 0.29) is 12.3 Å². The van der Waals surface area contributed by atoms with Gasteiger partial charge in [-0.15, -0.1) is 0 Å². The van der Waals surface area contributed by atoms with Crippen molar-refractivity contribution in [2.45, 2.75) is 25.7 Å². The molecular weight excluding hydrogens is 270 g/mol. The molecule has 6 nitrogen and oxygen atoms in total. The molecule has 1 fully saturated rings. The standard InChI is InChI=1S/C15H19N3O3/c16-10-12(11-19)8-13-9-14(18(20)21)4-5-15(13)17-6-2-1-3-7-17/h4-5,9,12,19H,1-3,6-8,11H2/t12-/m1/s1. The van der Waals surface area contributed by atoms with E-state index >= 15 is 0 Å². The number of nitriles is 1. The highest BCUT2D eigenvalue weighted by Gasteiger charge is 2.19. The van der Waals surface area contributed by atoms with Gasteiger partial charge in [-0.3, -0.25) is 10.1 Å². The molecule has 1 aliphatic heterocycles. The molecule has 1 aromatic carbocycles. The number of non-ortho nitro benzene ring substituents is 1. The van der Waals surface area contributed by atoms with E-state index in [1.165, 1.54) is 18.6 Å². The van der Waals surface area contributed by atoms with Crippen LogP contribution in [0.1, 0.15) is 24.8 Å². The molecule has 0 unspecified atom stereocenters. The molecule has 0 aliphatic carbocycles. The van der Waals surface area contributed by atoms with Gasteiger partial charge in [0.1, 0.15) is 0 Å². The first-order valence-electron chi connectivity index (χ1n) is 7.18. The molecule has 1 atom stereocenters. The van der Waals surface area contributed by atoms with Crippen molar-refractivity contribution < 1.29 is 10.0 Å². The van der Waals surface area contributed by atoms with Crippen LogP contribution in [0.15, 0.2) is 18.2 Å². The van der Waals surface area contributed by atoms with Crippen molar-refractivity contribution in [2.75, 3.05) is 24.6 Å². The van der Waals surface area contributed by atoms with E-state index in [2.05, 4.69) is 4.90 Å². The highest BCUT2D eigenvalue weighted by molar-refractivity contribution is 5.58. The fourth-order valence-electron chi connectivity index (χ4n) is 2.71. The lowest BCUT2D eigenvalue weighted by atomic mass is 9.97. The molecule has 0 aromatic heterocycles. The number of benzene rings is 1. The van der Waals surface area contributed by atoms with E-state index in [0.717, 1.165) is 37.2 Å². The fraction of sp³-hybridized carbons (Fsp3) is 0.533. The van der Waals surface area contributed by atoms with Crippen LogP contribution in [0.3, 0.4) is 0 Å². The summed E-state index contributed by atoms with van der Waals surface area (Å²) in [6, 6.07) is 6.85. The Morgan fingerprint density at radius 3 is 2.67 bits per heavy atom. The van der Waals surface area contributed by atoms with E-state index in [1.54, 1.807) is 6.07 Å². The van der Waals surface area contributed by atoms with Gasteiger partial charge >= 0.3 is 0 Å². The Kier molecular flexibility index (Phi) is 5.12. The Balaban J connectivity index is 2.33. The maximum absolute atomic E-state index is 10.9. The van der Waals surface area contributed by atoms with Gasteiger partial charge in [-0.25, -0.2) is 0 Å². The highest BCUT2D eigenvalue weighted by atomic mass is 16.6. The van der Waals surface area contributed by atoms with Crippen LogP contribution in [0, 0.1) is 27.4 Å². The molecule has 21 heavy (non-hydrogen) atoms. The van der Waals surface area contributed by atoms with Gasteiger partial charge in [0.15, 0.2) is 0 Å². The lowest BCUT2D eigenvalue weighted by Crippen LogP contribution is -2.30. The molecular formula is C15H19N3O3.